The summed E-state index contributed by atoms with van der Waals surface area (Å²) in [6.45, 7) is 3.28. The van der Waals surface area contributed by atoms with E-state index in [4.69, 9.17) is 4.52 Å². The quantitative estimate of drug-likeness (QED) is 0.595. The van der Waals surface area contributed by atoms with Crippen LogP contribution in [0, 0.1) is 6.92 Å². The summed E-state index contributed by atoms with van der Waals surface area (Å²) in [6.07, 6.45) is 0. The maximum absolute atomic E-state index is 13.2. The fourth-order valence-corrected chi connectivity index (χ4v) is 3.98. The van der Waals surface area contributed by atoms with E-state index >= 15 is 0 Å². The topological polar surface area (TPSA) is 95.8 Å². The number of carbonyl (C=O) groups is 3. The van der Waals surface area contributed by atoms with E-state index in [1.807, 2.05) is 6.07 Å². The molecular formula is C23H21BrN4O4. The number of piperazine rings is 1. The lowest BCUT2D eigenvalue weighted by Crippen LogP contribution is -2.50. The fraction of sp³-hybridized carbons (Fsp3) is 0.217. The van der Waals surface area contributed by atoms with Crippen LogP contribution in [0.1, 0.15) is 37.0 Å². The van der Waals surface area contributed by atoms with Gasteiger partial charge >= 0.3 is 0 Å². The van der Waals surface area contributed by atoms with Crippen LogP contribution in [0.25, 0.3) is 0 Å². The van der Waals surface area contributed by atoms with Crippen LogP contribution in [0.3, 0.4) is 0 Å². The van der Waals surface area contributed by atoms with E-state index in [0.29, 0.717) is 53.2 Å². The first-order chi connectivity index (χ1) is 15.4. The van der Waals surface area contributed by atoms with Crippen molar-refractivity contribution in [2.45, 2.75) is 6.92 Å². The highest BCUT2D eigenvalue weighted by atomic mass is 79.9. The van der Waals surface area contributed by atoms with Gasteiger partial charge in [0.1, 0.15) is 0 Å². The summed E-state index contributed by atoms with van der Waals surface area (Å²) in [6, 6.07) is 15.6. The Labute approximate surface area is 193 Å². The molecule has 0 spiro atoms. The molecule has 0 radical (unpaired) electrons. The number of halogens is 1. The molecule has 9 heteroatoms. The number of carbonyl (C=O) groups excluding carboxylic acids is 3. The summed E-state index contributed by atoms with van der Waals surface area (Å²) in [5.74, 6) is -0.549. The van der Waals surface area contributed by atoms with Gasteiger partial charge in [0.15, 0.2) is 0 Å². The Balaban J connectivity index is 1.44. The van der Waals surface area contributed by atoms with Crippen LogP contribution in [-0.2, 0) is 0 Å². The molecule has 8 nitrogen and oxygen atoms in total. The fourth-order valence-electron chi connectivity index (χ4n) is 3.52. The molecule has 2 aromatic carbocycles. The molecule has 1 aliphatic heterocycles. The van der Waals surface area contributed by atoms with Gasteiger partial charge in [0, 0.05) is 36.7 Å². The largest absolute Gasteiger partial charge is 0.351 e. The highest BCUT2D eigenvalue weighted by Crippen LogP contribution is 2.22. The van der Waals surface area contributed by atoms with Gasteiger partial charge in [0.05, 0.1) is 22.5 Å². The Morgan fingerprint density at radius 1 is 0.906 bits per heavy atom. The number of rotatable bonds is 4. The lowest BCUT2D eigenvalue weighted by atomic mass is 10.1. The van der Waals surface area contributed by atoms with Gasteiger partial charge in [-0.3, -0.25) is 14.4 Å². The summed E-state index contributed by atoms with van der Waals surface area (Å²) in [7, 11) is 0. The molecule has 3 amide bonds. The van der Waals surface area contributed by atoms with Crippen molar-refractivity contribution in [1.29, 1.82) is 0 Å². The Kier molecular flexibility index (Phi) is 6.36. The highest BCUT2D eigenvalue weighted by molar-refractivity contribution is 9.10. The van der Waals surface area contributed by atoms with Gasteiger partial charge in [-0.2, -0.15) is 0 Å². The van der Waals surface area contributed by atoms with E-state index in [9.17, 15) is 14.4 Å². The van der Waals surface area contributed by atoms with Crippen LogP contribution in [0.15, 0.2) is 63.6 Å². The Hall–Kier alpha value is -3.46. The molecule has 1 saturated heterocycles. The first-order valence-corrected chi connectivity index (χ1v) is 10.9. The third-order valence-electron chi connectivity index (χ3n) is 5.22. The smallest absolute Gasteiger partial charge is 0.292 e. The van der Waals surface area contributed by atoms with Gasteiger partial charge in [-0.25, -0.2) is 0 Å². The molecule has 2 heterocycles. The number of benzene rings is 2. The van der Waals surface area contributed by atoms with Crippen LogP contribution in [0.2, 0.25) is 0 Å². The molecule has 164 valence electrons. The zero-order valence-electron chi connectivity index (χ0n) is 17.4. The molecule has 0 bridgehead atoms. The monoisotopic (exact) mass is 496 g/mol. The van der Waals surface area contributed by atoms with Crippen LogP contribution >= 0.6 is 15.9 Å². The minimum absolute atomic E-state index is 0.197. The number of nitrogens with zero attached hydrogens (tertiary/aromatic N) is 3. The molecule has 0 atom stereocenters. The molecule has 4 rings (SSSR count). The van der Waals surface area contributed by atoms with E-state index in [-0.39, 0.29) is 23.5 Å². The van der Waals surface area contributed by atoms with E-state index in [2.05, 4.69) is 26.4 Å². The minimum Gasteiger partial charge on any atom is -0.351 e. The summed E-state index contributed by atoms with van der Waals surface area (Å²) in [4.78, 5) is 41.8. The molecule has 1 N–H and O–H groups in total. The SMILES string of the molecule is Cc1cc(C(=O)N2CCN(C(=O)c3ccccc3NC(=O)c3ccccc3Br)CC2)on1. The van der Waals surface area contributed by atoms with Crippen molar-refractivity contribution >= 4 is 39.3 Å². The molecule has 0 unspecified atom stereocenters. The van der Waals surface area contributed by atoms with Crippen molar-refractivity contribution in [2.75, 3.05) is 31.5 Å². The minimum atomic E-state index is -0.310. The number of hydrogen-bond acceptors (Lipinski definition) is 5. The van der Waals surface area contributed by atoms with Crippen LogP contribution in [0.5, 0.6) is 0 Å². The van der Waals surface area contributed by atoms with Crippen molar-refractivity contribution in [3.63, 3.8) is 0 Å². The van der Waals surface area contributed by atoms with Gasteiger partial charge in [-0.15, -0.1) is 0 Å². The molecule has 0 aliphatic carbocycles. The molecule has 1 fully saturated rings. The average Bonchev–Trinajstić information content (AvgIpc) is 3.25. The normalized spacial score (nSPS) is 13.7. The first kappa shape index (κ1) is 21.8. The van der Waals surface area contributed by atoms with Crippen molar-refractivity contribution in [3.05, 3.63) is 81.7 Å². The number of nitrogens with one attached hydrogen (secondary N) is 1. The lowest BCUT2D eigenvalue weighted by Gasteiger charge is -2.34. The maximum atomic E-state index is 13.2. The van der Waals surface area contributed by atoms with E-state index in [0.717, 1.165) is 0 Å². The number of aromatic nitrogens is 1. The second-order valence-electron chi connectivity index (χ2n) is 7.40. The van der Waals surface area contributed by atoms with Crippen molar-refractivity contribution in [2.24, 2.45) is 0 Å². The molecule has 32 heavy (non-hydrogen) atoms. The van der Waals surface area contributed by atoms with Crippen LogP contribution in [-0.4, -0.2) is 58.9 Å². The Morgan fingerprint density at radius 3 is 2.12 bits per heavy atom. The number of anilines is 1. The van der Waals surface area contributed by atoms with Gasteiger partial charge in [0.2, 0.25) is 5.76 Å². The zero-order valence-corrected chi connectivity index (χ0v) is 19.0. The predicted molar refractivity (Wildman–Crippen MR) is 122 cm³/mol. The number of para-hydroxylation sites is 1. The van der Waals surface area contributed by atoms with E-state index < -0.39 is 0 Å². The highest BCUT2D eigenvalue weighted by Gasteiger charge is 2.28. The lowest BCUT2D eigenvalue weighted by molar-refractivity contribution is 0.0513. The van der Waals surface area contributed by atoms with E-state index in [1.54, 1.807) is 65.3 Å². The van der Waals surface area contributed by atoms with Crippen molar-refractivity contribution in [3.8, 4) is 0 Å². The first-order valence-electron chi connectivity index (χ1n) is 10.1. The van der Waals surface area contributed by atoms with Crippen LogP contribution < -0.4 is 5.32 Å². The summed E-state index contributed by atoms with van der Waals surface area (Å²) in [5.41, 5.74) is 1.96. The van der Waals surface area contributed by atoms with Gasteiger partial charge in [0.25, 0.3) is 17.7 Å². The summed E-state index contributed by atoms with van der Waals surface area (Å²) < 4.78 is 5.73. The van der Waals surface area contributed by atoms with Crippen molar-refractivity contribution < 1.29 is 18.9 Å². The molecule has 1 aliphatic rings. The third kappa shape index (κ3) is 4.57. The Bertz CT molecular complexity index is 1170. The zero-order chi connectivity index (χ0) is 22.7. The maximum Gasteiger partial charge on any atom is 0.292 e. The second kappa shape index (κ2) is 9.35. The van der Waals surface area contributed by atoms with Crippen molar-refractivity contribution in [1.82, 2.24) is 15.0 Å². The summed E-state index contributed by atoms with van der Waals surface area (Å²) in [5, 5.41) is 6.59. The Morgan fingerprint density at radius 2 is 1.50 bits per heavy atom. The molecule has 0 saturated carbocycles. The van der Waals surface area contributed by atoms with Gasteiger partial charge < -0.3 is 19.6 Å². The molecule has 3 aromatic rings. The van der Waals surface area contributed by atoms with Crippen LogP contribution in [0.4, 0.5) is 5.69 Å². The second-order valence-corrected chi connectivity index (χ2v) is 8.25. The summed E-state index contributed by atoms with van der Waals surface area (Å²) >= 11 is 3.38. The predicted octanol–water partition coefficient (Wildman–Crippen LogP) is 3.60. The third-order valence-corrected chi connectivity index (χ3v) is 5.91. The van der Waals surface area contributed by atoms with E-state index in [1.165, 1.54) is 0 Å². The number of hydrogen-bond donors (Lipinski definition) is 1. The molecular weight excluding hydrogens is 476 g/mol. The standard InChI is InChI=1S/C23H21BrN4O4/c1-15-14-20(32-26-15)23(31)28-12-10-27(11-13-28)22(30)17-7-3-5-9-19(17)25-21(29)16-6-2-4-8-18(16)24/h2-9,14H,10-13H2,1H3,(H,25,29). The van der Waals surface area contributed by atoms with Gasteiger partial charge in [-0.1, -0.05) is 29.4 Å². The average molecular weight is 497 g/mol. The van der Waals surface area contributed by atoms with Gasteiger partial charge in [-0.05, 0) is 47.1 Å². The number of aryl methyl sites for hydroxylation is 1. The molecule has 1 aromatic heterocycles. The number of amides is 3.